The molecule has 1 aliphatic rings. The van der Waals surface area contributed by atoms with Crippen molar-refractivity contribution in [3.05, 3.63) is 29.8 Å². The molecule has 1 aromatic carbocycles. The number of benzene rings is 1. The van der Waals surface area contributed by atoms with Crippen molar-refractivity contribution in [2.45, 2.75) is 48.3 Å². The molecular weight excluding hydrogens is 326 g/mol. The van der Waals surface area contributed by atoms with Gasteiger partial charge in [-0.15, -0.1) is 0 Å². The molecule has 0 atom stereocenters. The van der Waals surface area contributed by atoms with Crippen LogP contribution in [-0.2, 0) is 21.1 Å². The van der Waals surface area contributed by atoms with E-state index in [1.807, 2.05) is 0 Å². The van der Waals surface area contributed by atoms with Gasteiger partial charge in [-0.05, 0) is 30.5 Å². The van der Waals surface area contributed by atoms with E-state index in [0.29, 0.717) is 12.1 Å². The minimum atomic E-state index is -4.60. The molecule has 128 valence electrons. The first kappa shape index (κ1) is 17.8. The van der Waals surface area contributed by atoms with Crippen molar-refractivity contribution in [2.24, 2.45) is 5.73 Å². The third-order valence-corrected chi connectivity index (χ3v) is 5.61. The number of carbonyl (C=O) groups is 1. The van der Waals surface area contributed by atoms with Crippen LogP contribution < -0.4 is 11.1 Å². The van der Waals surface area contributed by atoms with Crippen molar-refractivity contribution in [1.29, 1.82) is 0 Å². The van der Waals surface area contributed by atoms with Crippen LogP contribution in [0.4, 0.5) is 8.78 Å². The molecule has 0 aliphatic heterocycles. The average molecular weight is 346 g/mol. The Morgan fingerprint density at radius 1 is 1.22 bits per heavy atom. The van der Waals surface area contributed by atoms with Gasteiger partial charge < -0.3 is 11.1 Å². The van der Waals surface area contributed by atoms with E-state index in [2.05, 4.69) is 5.32 Å². The van der Waals surface area contributed by atoms with Crippen molar-refractivity contribution in [2.75, 3.05) is 6.54 Å². The highest BCUT2D eigenvalue weighted by atomic mass is 32.2. The lowest BCUT2D eigenvalue weighted by atomic mass is 9.97. The number of alkyl halides is 2. The number of sulfone groups is 1. The predicted octanol–water partition coefficient (Wildman–Crippen LogP) is 1.61. The maximum Gasteiger partial charge on any atom is 0.341 e. The Kier molecular flexibility index (Phi) is 5.36. The van der Waals surface area contributed by atoms with Gasteiger partial charge in [0.25, 0.3) is 0 Å². The zero-order valence-electron chi connectivity index (χ0n) is 12.6. The quantitative estimate of drug-likeness (QED) is 0.819. The van der Waals surface area contributed by atoms with Crippen molar-refractivity contribution in [1.82, 2.24) is 5.32 Å². The fourth-order valence-corrected chi connectivity index (χ4v) is 3.58. The molecule has 0 unspecified atom stereocenters. The molecule has 0 aromatic heterocycles. The third kappa shape index (κ3) is 4.06. The van der Waals surface area contributed by atoms with Gasteiger partial charge in [-0.25, -0.2) is 8.42 Å². The Bertz CT molecular complexity index is 654. The number of nitrogens with one attached hydrogen (secondary N) is 1. The van der Waals surface area contributed by atoms with E-state index < -0.39 is 20.5 Å². The molecule has 0 saturated heterocycles. The van der Waals surface area contributed by atoms with Crippen LogP contribution in [0.5, 0.6) is 0 Å². The van der Waals surface area contributed by atoms with Crippen LogP contribution >= 0.6 is 0 Å². The van der Waals surface area contributed by atoms with E-state index >= 15 is 0 Å². The van der Waals surface area contributed by atoms with Crippen LogP contribution in [0.25, 0.3) is 0 Å². The van der Waals surface area contributed by atoms with E-state index in [0.717, 1.165) is 37.8 Å². The number of halogens is 2. The summed E-state index contributed by atoms with van der Waals surface area (Å²) in [4.78, 5) is 11.7. The van der Waals surface area contributed by atoms with Gasteiger partial charge in [-0.2, -0.15) is 8.78 Å². The Labute approximate surface area is 134 Å². The van der Waals surface area contributed by atoms with Gasteiger partial charge in [-0.3, -0.25) is 4.79 Å². The summed E-state index contributed by atoms with van der Waals surface area (Å²) >= 11 is 0. The van der Waals surface area contributed by atoms with Gasteiger partial charge in [0.05, 0.1) is 16.9 Å². The van der Waals surface area contributed by atoms with E-state index in [9.17, 15) is 22.0 Å². The topological polar surface area (TPSA) is 89.3 Å². The lowest BCUT2D eigenvalue weighted by Crippen LogP contribution is -2.52. The fraction of sp³-hybridized carbons (Fsp3) is 0.533. The first-order valence-electron chi connectivity index (χ1n) is 7.41. The first-order valence-corrected chi connectivity index (χ1v) is 8.96. The highest BCUT2D eigenvalue weighted by Gasteiger charge is 2.33. The van der Waals surface area contributed by atoms with E-state index in [1.165, 1.54) is 12.1 Å². The van der Waals surface area contributed by atoms with Crippen LogP contribution in [0.2, 0.25) is 0 Å². The molecular formula is C15H20F2N2O3S. The minimum absolute atomic E-state index is 0.0523. The summed E-state index contributed by atoms with van der Waals surface area (Å²) in [6.45, 7) is 0.379. The Morgan fingerprint density at radius 2 is 1.78 bits per heavy atom. The van der Waals surface area contributed by atoms with Crippen LogP contribution in [0.15, 0.2) is 29.2 Å². The molecule has 1 amide bonds. The number of amides is 1. The second-order valence-electron chi connectivity index (χ2n) is 5.87. The van der Waals surface area contributed by atoms with Gasteiger partial charge in [0.2, 0.25) is 15.7 Å². The SMILES string of the molecule is NCC1(NC(=O)Cc2ccc(S(=O)(=O)C(F)F)cc2)CCCC1. The fourth-order valence-electron chi connectivity index (χ4n) is 2.86. The highest BCUT2D eigenvalue weighted by molar-refractivity contribution is 7.91. The zero-order valence-corrected chi connectivity index (χ0v) is 13.4. The maximum absolute atomic E-state index is 12.5. The molecule has 0 bridgehead atoms. The normalized spacial score (nSPS) is 17.4. The Balaban J connectivity index is 2.02. The monoisotopic (exact) mass is 346 g/mol. The molecule has 8 heteroatoms. The van der Waals surface area contributed by atoms with Crippen LogP contribution in [0, 0.1) is 0 Å². The van der Waals surface area contributed by atoms with Gasteiger partial charge in [0.1, 0.15) is 0 Å². The summed E-state index contributed by atoms with van der Waals surface area (Å²) in [6, 6.07) is 4.94. The smallest absolute Gasteiger partial charge is 0.341 e. The molecule has 23 heavy (non-hydrogen) atoms. The third-order valence-electron chi connectivity index (χ3n) is 4.21. The van der Waals surface area contributed by atoms with E-state index in [-0.39, 0.29) is 17.9 Å². The average Bonchev–Trinajstić information content (AvgIpc) is 2.96. The molecule has 2 rings (SSSR count). The van der Waals surface area contributed by atoms with Crippen LogP contribution in [-0.4, -0.2) is 32.2 Å². The summed E-state index contributed by atoms with van der Waals surface area (Å²) in [5.74, 6) is -3.66. The molecule has 1 aliphatic carbocycles. The molecule has 0 heterocycles. The van der Waals surface area contributed by atoms with Gasteiger partial charge >= 0.3 is 5.76 Å². The standard InChI is InChI=1S/C15H20F2N2O3S/c16-14(17)23(21,22)12-5-3-11(4-6-12)9-13(20)19-15(10-18)7-1-2-8-15/h3-6,14H,1-2,7-10,18H2,(H,19,20). The Morgan fingerprint density at radius 3 is 2.26 bits per heavy atom. The van der Waals surface area contributed by atoms with Crippen molar-refractivity contribution in [3.8, 4) is 0 Å². The van der Waals surface area contributed by atoms with Gasteiger partial charge in [0.15, 0.2) is 0 Å². The lowest BCUT2D eigenvalue weighted by Gasteiger charge is -2.28. The molecule has 3 N–H and O–H groups in total. The number of nitrogens with two attached hydrogens (primary N) is 1. The van der Waals surface area contributed by atoms with Crippen molar-refractivity contribution < 1.29 is 22.0 Å². The second kappa shape index (κ2) is 6.92. The second-order valence-corrected chi connectivity index (χ2v) is 7.78. The summed E-state index contributed by atoms with van der Waals surface area (Å²) in [6.07, 6.45) is 3.80. The number of hydrogen-bond acceptors (Lipinski definition) is 4. The van der Waals surface area contributed by atoms with Crippen molar-refractivity contribution in [3.63, 3.8) is 0 Å². The summed E-state index contributed by atoms with van der Waals surface area (Å²) < 4.78 is 47.6. The van der Waals surface area contributed by atoms with Crippen LogP contribution in [0.1, 0.15) is 31.2 Å². The zero-order chi connectivity index (χ0) is 17.1. The molecule has 0 spiro atoms. The highest BCUT2D eigenvalue weighted by Crippen LogP contribution is 2.28. The lowest BCUT2D eigenvalue weighted by molar-refractivity contribution is -0.122. The van der Waals surface area contributed by atoms with Crippen molar-refractivity contribution >= 4 is 15.7 Å². The van der Waals surface area contributed by atoms with Gasteiger partial charge in [-0.1, -0.05) is 25.0 Å². The first-order chi connectivity index (χ1) is 10.8. The summed E-state index contributed by atoms with van der Waals surface area (Å²) in [5.41, 5.74) is 5.96. The number of carbonyl (C=O) groups excluding carboxylic acids is 1. The van der Waals surface area contributed by atoms with E-state index in [1.54, 1.807) is 0 Å². The molecule has 5 nitrogen and oxygen atoms in total. The van der Waals surface area contributed by atoms with Crippen LogP contribution in [0.3, 0.4) is 0 Å². The Hall–Kier alpha value is -1.54. The summed E-state index contributed by atoms with van der Waals surface area (Å²) in [7, 11) is -4.60. The minimum Gasteiger partial charge on any atom is -0.349 e. The maximum atomic E-state index is 12.5. The summed E-state index contributed by atoms with van der Waals surface area (Å²) in [5, 5.41) is 2.95. The molecule has 1 saturated carbocycles. The number of hydrogen-bond donors (Lipinski definition) is 2. The molecule has 1 fully saturated rings. The van der Waals surface area contributed by atoms with E-state index in [4.69, 9.17) is 5.73 Å². The number of rotatable bonds is 6. The largest absolute Gasteiger partial charge is 0.349 e. The predicted molar refractivity (Wildman–Crippen MR) is 81.7 cm³/mol. The molecule has 0 radical (unpaired) electrons. The molecule has 1 aromatic rings. The van der Waals surface area contributed by atoms with Gasteiger partial charge in [0, 0.05) is 6.54 Å².